The van der Waals surface area contributed by atoms with E-state index in [1.54, 1.807) is 116 Å². The second-order valence-corrected chi connectivity index (χ2v) is 23.8. The predicted octanol–water partition coefficient (Wildman–Crippen LogP) is 13.3. The molecule has 3 nitrogen and oxygen atoms in total. The monoisotopic (exact) mass is 768 g/mol. The summed E-state index contributed by atoms with van der Waals surface area (Å²) in [7, 11) is 0. The van der Waals surface area contributed by atoms with Crippen LogP contribution >= 0.6 is 0 Å². The lowest BCUT2D eigenvalue weighted by atomic mass is 9.62. The molecule has 0 aromatic carbocycles. The first-order valence-corrected chi connectivity index (χ1v) is 27.1. The van der Waals surface area contributed by atoms with Crippen LogP contribution in [-0.4, -0.2) is 52.2 Å². The summed E-state index contributed by atoms with van der Waals surface area (Å²) in [4.78, 5) is 6.73. The zero-order valence-electron chi connectivity index (χ0n) is 36.5. The van der Waals surface area contributed by atoms with E-state index in [0.717, 1.165) is 101 Å². The van der Waals surface area contributed by atoms with E-state index >= 15 is 0 Å². The van der Waals surface area contributed by atoms with Crippen LogP contribution in [0.1, 0.15) is 225 Å². The third kappa shape index (κ3) is 7.48. The van der Waals surface area contributed by atoms with Gasteiger partial charge in [-0.3, -0.25) is 15.1 Å². The van der Waals surface area contributed by atoms with Crippen molar-refractivity contribution < 1.29 is 0 Å². The summed E-state index contributed by atoms with van der Waals surface area (Å²) in [6.45, 7) is 0. The maximum atomic E-state index is 4.60. The van der Waals surface area contributed by atoms with E-state index in [4.69, 9.17) is 0 Å². The van der Waals surface area contributed by atoms with Gasteiger partial charge in [-0.25, -0.2) is 0 Å². The van der Waals surface area contributed by atoms with E-state index in [0.29, 0.717) is 6.17 Å². The molecule has 1 N–H and O–H groups in total. The summed E-state index contributed by atoms with van der Waals surface area (Å²) < 4.78 is 0. The summed E-state index contributed by atoms with van der Waals surface area (Å²) >= 11 is 0. The molecule has 8 saturated carbocycles. The van der Waals surface area contributed by atoms with E-state index < -0.39 is 0 Å². The van der Waals surface area contributed by atoms with Crippen molar-refractivity contribution in [3.8, 4) is 0 Å². The van der Waals surface area contributed by atoms with Crippen LogP contribution in [0.5, 0.6) is 0 Å². The summed E-state index contributed by atoms with van der Waals surface area (Å²) in [5.74, 6) is 11.4. The van der Waals surface area contributed by atoms with Gasteiger partial charge in [0.1, 0.15) is 0 Å². The molecule has 0 radical (unpaired) electrons. The molecular weight excluding hydrogens is 679 g/mol. The standard InChI is InChI=1S/C53H89N3/c1-4-15-36(16-5-1)39-21-14-22-43(31-39)55-49-25-12-10-23-44(49)46-29-27-41(34-52(46)55)40-28-30-51-47(32-40)45-24-11-13-26-50(45)56(51)53-35-42(37-17-6-2-7-18-37)33-48(54-53)38-19-8-3-9-20-38/h36-54H,1-35H2. The van der Waals surface area contributed by atoms with Crippen molar-refractivity contribution in [2.45, 2.75) is 267 Å². The van der Waals surface area contributed by atoms with Crippen LogP contribution in [0.2, 0.25) is 0 Å². The lowest BCUT2D eigenvalue weighted by Crippen LogP contribution is -2.61. The van der Waals surface area contributed by atoms with Crippen LogP contribution < -0.4 is 5.32 Å². The Morgan fingerprint density at radius 1 is 0.268 bits per heavy atom. The SMILES string of the molecule is C1CCC(C2CCCC(N3C4CCCCC4C4CCC(C5CCC6C(C5)C5CCCCC5N6C5CC(C6CCCCC6)CC(C6CCCCC6)N5)CC43)C2)CC1. The lowest BCUT2D eigenvalue weighted by molar-refractivity contribution is -0.0107. The van der Waals surface area contributed by atoms with Crippen molar-refractivity contribution in [2.75, 3.05) is 0 Å². The second kappa shape index (κ2) is 17.3. The molecule has 11 aliphatic rings. The molecule has 3 saturated heterocycles. The van der Waals surface area contributed by atoms with Gasteiger partial charge in [0.15, 0.2) is 0 Å². The molecule has 11 rings (SSSR count). The Kier molecular flexibility index (Phi) is 12.0. The van der Waals surface area contributed by atoms with E-state index in [2.05, 4.69) is 15.1 Å². The fourth-order valence-electron chi connectivity index (χ4n) is 19.1. The van der Waals surface area contributed by atoms with Crippen molar-refractivity contribution in [1.82, 2.24) is 15.1 Å². The second-order valence-electron chi connectivity index (χ2n) is 23.8. The van der Waals surface area contributed by atoms with Gasteiger partial charge in [-0.1, -0.05) is 122 Å². The van der Waals surface area contributed by atoms with Gasteiger partial charge in [-0.2, -0.15) is 0 Å². The Labute approximate surface area is 346 Å². The van der Waals surface area contributed by atoms with Gasteiger partial charge >= 0.3 is 0 Å². The molecule has 56 heavy (non-hydrogen) atoms. The summed E-state index contributed by atoms with van der Waals surface area (Å²) in [5, 5.41) is 4.60. The van der Waals surface area contributed by atoms with Crippen LogP contribution in [0.4, 0.5) is 0 Å². The Morgan fingerprint density at radius 2 is 0.786 bits per heavy atom. The molecule has 0 amide bonds. The van der Waals surface area contributed by atoms with Crippen molar-refractivity contribution in [2.24, 2.45) is 65.1 Å². The Hall–Kier alpha value is -0.120. The number of nitrogens with one attached hydrogen (secondary N) is 1. The lowest BCUT2D eigenvalue weighted by Gasteiger charge is -2.51. The van der Waals surface area contributed by atoms with Crippen molar-refractivity contribution >= 4 is 0 Å². The number of likely N-dealkylation sites (tertiary alicyclic amines) is 2. The number of piperidine rings is 1. The van der Waals surface area contributed by atoms with Crippen LogP contribution in [0.25, 0.3) is 0 Å². The Morgan fingerprint density at radius 3 is 1.52 bits per heavy atom. The van der Waals surface area contributed by atoms with Crippen LogP contribution in [0.3, 0.4) is 0 Å². The molecule has 0 spiro atoms. The maximum absolute atomic E-state index is 4.60. The van der Waals surface area contributed by atoms with Gasteiger partial charge < -0.3 is 0 Å². The van der Waals surface area contributed by atoms with E-state index in [9.17, 15) is 0 Å². The molecule has 0 aromatic heterocycles. The molecule has 3 heteroatoms. The van der Waals surface area contributed by atoms with E-state index in [1.165, 1.54) is 109 Å². The van der Waals surface area contributed by atoms with Gasteiger partial charge in [0.25, 0.3) is 0 Å². The zero-order valence-corrected chi connectivity index (χ0v) is 36.5. The molecule has 316 valence electrons. The number of nitrogens with zero attached hydrogens (tertiary/aromatic N) is 2. The number of fused-ring (bicyclic) bond motifs is 6. The first-order valence-electron chi connectivity index (χ1n) is 27.1. The third-order valence-electron chi connectivity index (χ3n) is 21.5. The molecule has 3 aliphatic heterocycles. The minimum Gasteiger partial charge on any atom is -0.299 e. The van der Waals surface area contributed by atoms with Gasteiger partial charge in [0.2, 0.25) is 0 Å². The average Bonchev–Trinajstić information content (AvgIpc) is 3.79. The van der Waals surface area contributed by atoms with Gasteiger partial charge in [-0.05, 0) is 168 Å². The summed E-state index contributed by atoms with van der Waals surface area (Å²) in [6.07, 6.45) is 54.8. The van der Waals surface area contributed by atoms with Crippen molar-refractivity contribution in [3.63, 3.8) is 0 Å². The number of rotatable bonds is 6. The normalized spacial score (nSPS) is 49.2. The fraction of sp³-hybridized carbons (Fsp3) is 1.00. The minimum atomic E-state index is 0.693. The molecule has 8 aliphatic carbocycles. The zero-order chi connectivity index (χ0) is 37.0. The first kappa shape index (κ1) is 38.8. The number of hydrogen-bond acceptors (Lipinski definition) is 3. The van der Waals surface area contributed by atoms with Crippen molar-refractivity contribution in [1.29, 1.82) is 0 Å². The number of hydrogen-bond donors (Lipinski definition) is 1. The van der Waals surface area contributed by atoms with Crippen molar-refractivity contribution in [3.05, 3.63) is 0 Å². The molecule has 11 fully saturated rings. The van der Waals surface area contributed by atoms with Crippen LogP contribution in [0.15, 0.2) is 0 Å². The highest BCUT2D eigenvalue weighted by Crippen LogP contribution is 2.58. The van der Waals surface area contributed by atoms with E-state index in [1.807, 2.05) is 0 Å². The van der Waals surface area contributed by atoms with Crippen LogP contribution in [-0.2, 0) is 0 Å². The fourth-order valence-corrected chi connectivity index (χ4v) is 19.1. The highest BCUT2D eigenvalue weighted by molar-refractivity contribution is 5.10. The molecule has 15 unspecified atom stereocenters. The maximum Gasteiger partial charge on any atom is 0.0607 e. The minimum absolute atomic E-state index is 0.693. The quantitative estimate of drug-likeness (QED) is 0.290. The molecule has 0 aromatic rings. The largest absolute Gasteiger partial charge is 0.299 e. The van der Waals surface area contributed by atoms with E-state index in [-0.39, 0.29) is 0 Å². The molecule has 15 atom stereocenters. The highest BCUT2D eigenvalue weighted by atomic mass is 15.3. The Bertz CT molecular complexity index is 1240. The van der Waals surface area contributed by atoms with Gasteiger partial charge in [0.05, 0.1) is 6.17 Å². The molecular formula is C53H89N3. The first-order chi connectivity index (χ1) is 27.8. The topological polar surface area (TPSA) is 18.5 Å². The smallest absolute Gasteiger partial charge is 0.0607 e. The highest BCUT2D eigenvalue weighted by Gasteiger charge is 2.58. The summed E-state index contributed by atoms with van der Waals surface area (Å²) in [6, 6.07) is 5.48. The van der Waals surface area contributed by atoms with Gasteiger partial charge in [-0.15, -0.1) is 0 Å². The Balaban J connectivity index is 0.807. The van der Waals surface area contributed by atoms with Gasteiger partial charge in [0, 0.05) is 36.3 Å². The van der Waals surface area contributed by atoms with Crippen LogP contribution in [0, 0.1) is 65.1 Å². The predicted molar refractivity (Wildman–Crippen MR) is 233 cm³/mol. The molecule has 3 heterocycles. The average molecular weight is 768 g/mol. The molecule has 0 bridgehead atoms. The summed E-state index contributed by atoms with van der Waals surface area (Å²) in [5.41, 5.74) is 0. The third-order valence-corrected chi connectivity index (χ3v) is 21.5.